The van der Waals surface area contributed by atoms with Crippen LogP contribution in [0.5, 0.6) is 17.4 Å². The molecule has 4 aromatic rings. The largest absolute Gasteiger partial charge is 0.493 e. The smallest absolute Gasteiger partial charge is 0.271 e. The second kappa shape index (κ2) is 9.65. The summed E-state index contributed by atoms with van der Waals surface area (Å²) in [4.78, 5) is 19.9. The molecule has 2 aromatic heterocycles. The number of H-pyrrole nitrogens is 1. The number of rotatable bonds is 8. The monoisotopic (exact) mass is 430 g/mol. The predicted molar refractivity (Wildman–Crippen MR) is 121 cm³/mol. The first-order valence-corrected chi connectivity index (χ1v) is 9.87. The molecule has 0 aliphatic rings. The molecule has 0 aliphatic heterocycles. The van der Waals surface area contributed by atoms with Crippen LogP contribution in [0, 0.1) is 0 Å². The molecule has 32 heavy (non-hydrogen) atoms. The number of amides is 1. The lowest BCUT2D eigenvalue weighted by Gasteiger charge is -2.08. The molecule has 2 heterocycles. The van der Waals surface area contributed by atoms with Crippen molar-refractivity contribution in [2.75, 3.05) is 14.2 Å². The Kier molecular flexibility index (Phi) is 6.31. The lowest BCUT2D eigenvalue weighted by atomic mass is 10.2. The van der Waals surface area contributed by atoms with Gasteiger partial charge in [0, 0.05) is 28.8 Å². The number of carbonyl (C=O) groups excluding carboxylic acids is 1. The number of carbonyl (C=O) groups is 1. The highest BCUT2D eigenvalue weighted by molar-refractivity contribution is 6.00. The van der Waals surface area contributed by atoms with Crippen molar-refractivity contribution in [3.8, 4) is 17.4 Å². The van der Waals surface area contributed by atoms with Crippen molar-refractivity contribution in [3.05, 3.63) is 83.7 Å². The van der Waals surface area contributed by atoms with Crippen LogP contribution >= 0.6 is 0 Å². The van der Waals surface area contributed by atoms with Gasteiger partial charge in [0.2, 0.25) is 5.88 Å². The van der Waals surface area contributed by atoms with Gasteiger partial charge in [-0.1, -0.05) is 30.3 Å². The molecular formula is C24H22N4O4. The summed E-state index contributed by atoms with van der Waals surface area (Å²) in [7, 11) is 3.05. The highest BCUT2D eigenvalue weighted by Gasteiger charge is 2.10. The Balaban J connectivity index is 1.45. The van der Waals surface area contributed by atoms with Crippen molar-refractivity contribution in [3.63, 3.8) is 0 Å². The topological polar surface area (TPSA) is 97.8 Å². The van der Waals surface area contributed by atoms with Crippen LogP contribution in [-0.4, -0.2) is 36.3 Å². The molecule has 8 heteroatoms. The van der Waals surface area contributed by atoms with E-state index >= 15 is 0 Å². The second-order valence-electron chi connectivity index (χ2n) is 6.86. The number of hydrazone groups is 1. The highest BCUT2D eigenvalue weighted by atomic mass is 16.5. The number of methoxy groups -OCH3 is 2. The summed E-state index contributed by atoms with van der Waals surface area (Å²) in [6.07, 6.45) is 5.06. The van der Waals surface area contributed by atoms with Crippen molar-refractivity contribution in [1.82, 2.24) is 15.4 Å². The Morgan fingerprint density at radius 1 is 1.09 bits per heavy atom. The lowest BCUT2D eigenvalue weighted by molar-refractivity contribution is 0.0954. The maximum absolute atomic E-state index is 12.4. The van der Waals surface area contributed by atoms with Crippen molar-refractivity contribution < 1.29 is 19.0 Å². The van der Waals surface area contributed by atoms with Crippen molar-refractivity contribution >= 4 is 23.0 Å². The Bertz CT molecular complexity index is 1250. The minimum absolute atomic E-state index is 0.365. The Labute approximate surface area is 184 Å². The number of fused-ring (bicyclic) bond motifs is 1. The van der Waals surface area contributed by atoms with Crippen LogP contribution in [0.4, 0.5) is 0 Å². The molecule has 1 amide bonds. The number of hydrogen-bond acceptors (Lipinski definition) is 6. The molecule has 162 valence electrons. The average molecular weight is 430 g/mol. The van der Waals surface area contributed by atoms with Crippen molar-refractivity contribution in [2.45, 2.75) is 6.61 Å². The minimum Gasteiger partial charge on any atom is -0.493 e. The fraction of sp³-hybridized carbons (Fsp3) is 0.125. The summed E-state index contributed by atoms with van der Waals surface area (Å²) in [6, 6.07) is 16.6. The summed E-state index contributed by atoms with van der Waals surface area (Å²) in [6.45, 7) is 0.425. The number of aromatic amines is 1. The van der Waals surface area contributed by atoms with Crippen LogP contribution in [-0.2, 0) is 6.61 Å². The van der Waals surface area contributed by atoms with E-state index in [9.17, 15) is 4.79 Å². The molecule has 0 fully saturated rings. The fourth-order valence-electron chi connectivity index (χ4n) is 3.14. The quantitative estimate of drug-likeness (QED) is 0.326. The van der Waals surface area contributed by atoms with E-state index in [-0.39, 0.29) is 5.91 Å². The van der Waals surface area contributed by atoms with E-state index in [1.165, 1.54) is 14.2 Å². The predicted octanol–water partition coefficient (Wildman–Crippen LogP) is 3.92. The Morgan fingerprint density at radius 3 is 2.69 bits per heavy atom. The zero-order chi connectivity index (χ0) is 22.3. The zero-order valence-electron chi connectivity index (χ0n) is 17.7. The summed E-state index contributed by atoms with van der Waals surface area (Å²) < 4.78 is 16.2. The molecule has 0 radical (unpaired) electrons. The highest BCUT2D eigenvalue weighted by Crippen LogP contribution is 2.27. The standard InChI is InChI=1S/C24H22N4O4/c1-30-21-9-8-17(10-22(21)31-2)24(29)28-27-13-18-12-25-20-14-26-23(11-19(18)20)32-15-16-6-4-3-5-7-16/h3-14,25H,15H2,1-2H3,(H,28,29)/b27-13+. The molecule has 0 bridgehead atoms. The third kappa shape index (κ3) is 4.70. The van der Waals surface area contributed by atoms with Crippen LogP contribution in [0.2, 0.25) is 0 Å². The number of nitrogens with one attached hydrogen (secondary N) is 2. The van der Waals surface area contributed by atoms with Crippen LogP contribution < -0.4 is 19.6 Å². The number of benzene rings is 2. The van der Waals surface area contributed by atoms with E-state index in [1.807, 2.05) is 36.4 Å². The molecule has 8 nitrogen and oxygen atoms in total. The van der Waals surface area contributed by atoms with Gasteiger partial charge in [-0.05, 0) is 23.8 Å². The SMILES string of the molecule is COc1ccc(C(=O)N/N=C/c2c[nH]c3cnc(OCc4ccccc4)cc23)cc1OC. The van der Waals surface area contributed by atoms with Gasteiger partial charge < -0.3 is 19.2 Å². The third-order valence-corrected chi connectivity index (χ3v) is 4.82. The second-order valence-corrected chi connectivity index (χ2v) is 6.86. The van der Waals surface area contributed by atoms with Gasteiger partial charge in [0.1, 0.15) is 6.61 Å². The van der Waals surface area contributed by atoms with E-state index in [2.05, 4.69) is 20.5 Å². The lowest BCUT2D eigenvalue weighted by Crippen LogP contribution is -2.17. The molecule has 0 saturated heterocycles. The summed E-state index contributed by atoms with van der Waals surface area (Å²) in [5.41, 5.74) is 5.62. The number of nitrogens with zero attached hydrogens (tertiary/aromatic N) is 2. The van der Waals surface area contributed by atoms with Crippen LogP contribution in [0.25, 0.3) is 10.9 Å². The first kappa shape index (κ1) is 20.9. The summed E-state index contributed by atoms with van der Waals surface area (Å²) in [5, 5.41) is 4.97. The zero-order valence-corrected chi connectivity index (χ0v) is 17.7. The van der Waals surface area contributed by atoms with Gasteiger partial charge in [-0.3, -0.25) is 4.79 Å². The van der Waals surface area contributed by atoms with E-state index in [1.54, 1.807) is 36.8 Å². The number of aromatic nitrogens is 2. The average Bonchev–Trinajstić information content (AvgIpc) is 3.25. The van der Waals surface area contributed by atoms with Gasteiger partial charge in [-0.15, -0.1) is 0 Å². The maximum atomic E-state index is 12.4. The Morgan fingerprint density at radius 2 is 1.91 bits per heavy atom. The van der Waals surface area contributed by atoms with E-state index in [4.69, 9.17) is 14.2 Å². The molecular weight excluding hydrogens is 408 g/mol. The molecule has 0 aliphatic carbocycles. The van der Waals surface area contributed by atoms with Gasteiger partial charge in [0.05, 0.1) is 32.1 Å². The van der Waals surface area contributed by atoms with Gasteiger partial charge in [0.15, 0.2) is 11.5 Å². The van der Waals surface area contributed by atoms with Gasteiger partial charge in [0.25, 0.3) is 5.91 Å². The summed E-state index contributed by atoms with van der Waals surface area (Å²) in [5.74, 6) is 1.15. The van der Waals surface area contributed by atoms with Crippen LogP contribution in [0.1, 0.15) is 21.5 Å². The van der Waals surface area contributed by atoms with Gasteiger partial charge >= 0.3 is 0 Å². The maximum Gasteiger partial charge on any atom is 0.271 e. The van der Waals surface area contributed by atoms with Crippen LogP contribution in [0.3, 0.4) is 0 Å². The van der Waals surface area contributed by atoms with Crippen molar-refractivity contribution in [1.29, 1.82) is 0 Å². The Hall–Kier alpha value is -4.33. The van der Waals surface area contributed by atoms with Crippen LogP contribution in [0.15, 0.2) is 72.1 Å². The van der Waals surface area contributed by atoms with Crippen molar-refractivity contribution in [2.24, 2.45) is 5.10 Å². The fourth-order valence-corrected chi connectivity index (χ4v) is 3.14. The van der Waals surface area contributed by atoms with E-state index < -0.39 is 0 Å². The van der Waals surface area contributed by atoms with Gasteiger partial charge in [-0.2, -0.15) is 5.10 Å². The van der Waals surface area contributed by atoms with Gasteiger partial charge in [-0.25, -0.2) is 10.4 Å². The molecule has 2 N–H and O–H groups in total. The van der Waals surface area contributed by atoms with E-state index in [0.717, 1.165) is 22.0 Å². The molecule has 4 rings (SSSR count). The molecule has 0 saturated carbocycles. The minimum atomic E-state index is -0.365. The third-order valence-electron chi connectivity index (χ3n) is 4.82. The molecule has 0 atom stereocenters. The number of pyridine rings is 1. The summed E-state index contributed by atoms with van der Waals surface area (Å²) >= 11 is 0. The number of ether oxygens (including phenoxy) is 3. The molecule has 2 aromatic carbocycles. The number of hydrogen-bond donors (Lipinski definition) is 2. The molecule has 0 unspecified atom stereocenters. The first-order valence-electron chi connectivity index (χ1n) is 9.87. The first-order chi connectivity index (χ1) is 15.7. The van der Waals surface area contributed by atoms with E-state index in [0.29, 0.717) is 29.5 Å². The molecule has 0 spiro atoms. The normalized spacial score (nSPS) is 10.9.